The molecule has 3 atom stereocenters. The molecular formula is C19H22N6O2. The minimum atomic E-state index is -0.537. The van der Waals surface area contributed by atoms with Gasteiger partial charge in [0.1, 0.15) is 12.2 Å². The van der Waals surface area contributed by atoms with Gasteiger partial charge in [0.15, 0.2) is 0 Å². The van der Waals surface area contributed by atoms with Crippen molar-refractivity contribution in [3.05, 3.63) is 55.0 Å². The van der Waals surface area contributed by atoms with Gasteiger partial charge in [0.25, 0.3) is 0 Å². The van der Waals surface area contributed by atoms with Gasteiger partial charge in [-0.3, -0.25) is 9.48 Å². The Labute approximate surface area is 156 Å². The number of carbonyl (C=O) groups is 1. The highest BCUT2D eigenvalue weighted by atomic mass is 16.3. The molecule has 2 N–H and O–H groups in total. The van der Waals surface area contributed by atoms with E-state index in [1.165, 1.54) is 4.68 Å². The van der Waals surface area contributed by atoms with Crippen molar-refractivity contribution in [3.8, 4) is 11.3 Å². The van der Waals surface area contributed by atoms with Gasteiger partial charge in [-0.15, -0.1) is 5.10 Å². The van der Waals surface area contributed by atoms with Crippen molar-refractivity contribution in [1.29, 1.82) is 0 Å². The van der Waals surface area contributed by atoms with E-state index in [0.717, 1.165) is 24.2 Å². The van der Waals surface area contributed by atoms with Crippen LogP contribution in [0.4, 0.5) is 0 Å². The Bertz CT molecular complexity index is 877. The lowest BCUT2D eigenvalue weighted by Gasteiger charge is -2.16. The second-order valence-corrected chi connectivity index (χ2v) is 6.97. The van der Waals surface area contributed by atoms with Crippen LogP contribution in [0.25, 0.3) is 11.3 Å². The summed E-state index contributed by atoms with van der Waals surface area (Å²) in [7, 11) is 0. The molecule has 1 amide bonds. The first-order chi connectivity index (χ1) is 13.2. The second-order valence-electron chi connectivity index (χ2n) is 6.97. The molecule has 27 heavy (non-hydrogen) atoms. The van der Waals surface area contributed by atoms with Gasteiger partial charge in [0, 0.05) is 24.5 Å². The maximum atomic E-state index is 12.4. The quantitative estimate of drug-likeness (QED) is 0.681. The van der Waals surface area contributed by atoms with E-state index in [4.69, 9.17) is 0 Å². The van der Waals surface area contributed by atoms with Crippen molar-refractivity contribution in [2.24, 2.45) is 5.92 Å². The molecule has 8 heteroatoms. The molecule has 1 saturated carbocycles. The van der Waals surface area contributed by atoms with Crippen LogP contribution in [0, 0.1) is 5.92 Å². The van der Waals surface area contributed by atoms with Gasteiger partial charge in [0.05, 0.1) is 18.3 Å². The highest BCUT2D eigenvalue weighted by Gasteiger charge is 2.34. The molecule has 0 spiro atoms. The van der Waals surface area contributed by atoms with Gasteiger partial charge in [-0.25, -0.2) is 4.68 Å². The number of amides is 1. The van der Waals surface area contributed by atoms with Crippen LogP contribution in [0.15, 0.2) is 55.0 Å². The highest BCUT2D eigenvalue weighted by molar-refractivity contribution is 5.76. The molecule has 8 nitrogen and oxygen atoms in total. The van der Waals surface area contributed by atoms with Crippen LogP contribution >= 0.6 is 0 Å². The molecule has 0 saturated heterocycles. The van der Waals surface area contributed by atoms with E-state index in [0.29, 0.717) is 12.3 Å². The molecule has 1 aromatic carbocycles. The molecule has 2 heterocycles. The van der Waals surface area contributed by atoms with Gasteiger partial charge < -0.3 is 10.4 Å². The first-order valence-electron chi connectivity index (χ1n) is 9.08. The minimum absolute atomic E-state index is 0.0763. The molecule has 1 unspecified atom stereocenters. The number of rotatable bonds is 6. The average Bonchev–Trinajstić information content (AvgIpc) is 3.39. The Morgan fingerprint density at radius 2 is 2.04 bits per heavy atom. The van der Waals surface area contributed by atoms with Crippen molar-refractivity contribution >= 4 is 5.91 Å². The maximum absolute atomic E-state index is 12.4. The topological polar surface area (TPSA) is 97.9 Å². The SMILES string of the molecule is O=C(Cn1cc(-c2ccccc2)nn1)N[C@@H]1CC(Cn2cccn2)C[C@H]1O. The molecule has 0 aliphatic heterocycles. The normalized spacial score (nSPS) is 22.0. The van der Waals surface area contributed by atoms with Crippen molar-refractivity contribution in [3.63, 3.8) is 0 Å². The predicted octanol–water partition coefficient (Wildman–Crippen LogP) is 1.10. The lowest BCUT2D eigenvalue weighted by atomic mass is 10.1. The Kier molecular flexibility index (Phi) is 4.97. The van der Waals surface area contributed by atoms with Gasteiger partial charge in [-0.1, -0.05) is 35.5 Å². The van der Waals surface area contributed by atoms with E-state index in [2.05, 4.69) is 20.7 Å². The Morgan fingerprint density at radius 1 is 1.19 bits per heavy atom. The summed E-state index contributed by atoms with van der Waals surface area (Å²) >= 11 is 0. The molecule has 1 aliphatic rings. The molecular weight excluding hydrogens is 344 g/mol. The number of benzene rings is 1. The van der Waals surface area contributed by atoms with Crippen LogP contribution in [0.2, 0.25) is 0 Å². The van der Waals surface area contributed by atoms with Gasteiger partial charge in [-0.05, 0) is 24.8 Å². The predicted molar refractivity (Wildman–Crippen MR) is 98.3 cm³/mol. The number of carbonyl (C=O) groups excluding carboxylic acids is 1. The summed E-state index contributed by atoms with van der Waals surface area (Å²) in [6.07, 6.45) is 6.26. The Balaban J connectivity index is 1.31. The Morgan fingerprint density at radius 3 is 2.81 bits per heavy atom. The lowest BCUT2D eigenvalue weighted by molar-refractivity contribution is -0.123. The van der Waals surface area contributed by atoms with Crippen molar-refractivity contribution in [2.45, 2.75) is 38.1 Å². The van der Waals surface area contributed by atoms with E-state index in [1.807, 2.05) is 47.3 Å². The molecule has 140 valence electrons. The summed E-state index contributed by atoms with van der Waals surface area (Å²) in [5.74, 6) is 0.115. The molecule has 0 radical (unpaired) electrons. The highest BCUT2D eigenvalue weighted by Crippen LogP contribution is 2.27. The van der Waals surface area contributed by atoms with Crippen LogP contribution < -0.4 is 5.32 Å². The maximum Gasteiger partial charge on any atom is 0.242 e. The monoisotopic (exact) mass is 366 g/mol. The van der Waals surface area contributed by atoms with Gasteiger partial charge in [0.2, 0.25) is 5.91 Å². The van der Waals surface area contributed by atoms with Crippen LogP contribution in [0.3, 0.4) is 0 Å². The van der Waals surface area contributed by atoms with E-state index >= 15 is 0 Å². The fraction of sp³-hybridized carbons (Fsp3) is 0.368. The van der Waals surface area contributed by atoms with E-state index in [-0.39, 0.29) is 18.5 Å². The summed E-state index contributed by atoms with van der Waals surface area (Å²) in [6, 6.07) is 11.3. The van der Waals surface area contributed by atoms with Crippen LogP contribution in [0.5, 0.6) is 0 Å². The molecule has 0 bridgehead atoms. The minimum Gasteiger partial charge on any atom is -0.391 e. The Hall–Kier alpha value is -3.00. The second kappa shape index (κ2) is 7.71. The average molecular weight is 366 g/mol. The summed E-state index contributed by atoms with van der Waals surface area (Å²) in [4.78, 5) is 12.4. The summed E-state index contributed by atoms with van der Waals surface area (Å²) < 4.78 is 3.38. The third-order valence-corrected chi connectivity index (χ3v) is 4.89. The number of hydrogen-bond donors (Lipinski definition) is 2. The zero-order valence-electron chi connectivity index (χ0n) is 14.8. The number of nitrogens with one attached hydrogen (secondary N) is 1. The van der Waals surface area contributed by atoms with Crippen LogP contribution in [0.1, 0.15) is 12.8 Å². The number of aliphatic hydroxyl groups is 1. The van der Waals surface area contributed by atoms with Crippen molar-refractivity contribution < 1.29 is 9.90 Å². The molecule has 3 aromatic rings. The van der Waals surface area contributed by atoms with Crippen molar-refractivity contribution in [2.75, 3.05) is 0 Å². The van der Waals surface area contributed by atoms with Gasteiger partial charge in [-0.2, -0.15) is 5.10 Å². The van der Waals surface area contributed by atoms with E-state index in [1.54, 1.807) is 12.4 Å². The summed E-state index contributed by atoms with van der Waals surface area (Å²) in [5.41, 5.74) is 1.68. The zero-order chi connectivity index (χ0) is 18.6. The molecule has 4 rings (SSSR count). The van der Waals surface area contributed by atoms with E-state index < -0.39 is 6.10 Å². The van der Waals surface area contributed by atoms with Crippen LogP contribution in [-0.2, 0) is 17.9 Å². The first-order valence-corrected chi connectivity index (χ1v) is 9.08. The lowest BCUT2D eigenvalue weighted by Crippen LogP contribution is -2.41. The fourth-order valence-corrected chi connectivity index (χ4v) is 3.61. The number of aromatic nitrogens is 5. The molecule has 1 aliphatic carbocycles. The molecule has 1 fully saturated rings. The number of hydrogen-bond acceptors (Lipinski definition) is 5. The largest absolute Gasteiger partial charge is 0.391 e. The summed E-state index contributed by atoms with van der Waals surface area (Å²) in [6.45, 7) is 0.826. The third-order valence-electron chi connectivity index (χ3n) is 4.89. The third kappa shape index (κ3) is 4.22. The fourth-order valence-electron chi connectivity index (χ4n) is 3.61. The number of nitrogens with zero attached hydrogens (tertiary/aromatic N) is 5. The van der Waals surface area contributed by atoms with Crippen molar-refractivity contribution in [1.82, 2.24) is 30.1 Å². The van der Waals surface area contributed by atoms with Crippen LogP contribution in [-0.4, -0.2) is 47.9 Å². The van der Waals surface area contributed by atoms with E-state index in [9.17, 15) is 9.90 Å². The number of aliphatic hydroxyl groups excluding tert-OH is 1. The first kappa shape index (κ1) is 17.4. The zero-order valence-corrected chi connectivity index (χ0v) is 14.8. The summed E-state index contributed by atoms with van der Waals surface area (Å²) in [5, 5.41) is 25.5. The van der Waals surface area contributed by atoms with Gasteiger partial charge >= 0.3 is 0 Å². The standard InChI is InChI=1S/C19H22N6O2/c26-18-10-14(11-24-8-4-7-20-24)9-16(18)21-19(27)13-25-12-17(22-23-25)15-5-2-1-3-6-15/h1-8,12,14,16,18,26H,9-11,13H2,(H,21,27)/t14?,16-,18-/m1/s1. The molecule has 2 aromatic heterocycles. The smallest absolute Gasteiger partial charge is 0.242 e.